The molecule has 0 radical (unpaired) electrons. The fourth-order valence-electron chi connectivity index (χ4n) is 1.63. The molecule has 0 unspecified atom stereocenters. The maximum absolute atomic E-state index is 14.1. The lowest BCUT2D eigenvalue weighted by molar-refractivity contribution is 0.0860. The highest BCUT2D eigenvalue weighted by atomic mass is 35.5. The number of methoxy groups -OCH3 is 1. The highest BCUT2D eigenvalue weighted by molar-refractivity contribution is 6.31. The van der Waals surface area contributed by atoms with E-state index in [2.05, 4.69) is 5.32 Å². The predicted molar refractivity (Wildman–Crippen MR) is 53.7 cm³/mol. The summed E-state index contributed by atoms with van der Waals surface area (Å²) in [4.78, 5) is 0. The van der Waals surface area contributed by atoms with E-state index in [1.165, 1.54) is 7.11 Å². The molecule has 76 valence electrons. The molecule has 2 nitrogen and oxygen atoms in total. The number of ether oxygens (including phenoxy) is 1. The van der Waals surface area contributed by atoms with Gasteiger partial charge in [0.2, 0.25) is 0 Å². The molecule has 1 aliphatic heterocycles. The van der Waals surface area contributed by atoms with Gasteiger partial charge >= 0.3 is 0 Å². The minimum Gasteiger partial charge on any atom is -0.496 e. The second-order valence-corrected chi connectivity index (χ2v) is 3.79. The van der Waals surface area contributed by atoms with Crippen LogP contribution in [0.3, 0.4) is 0 Å². The number of alkyl halides is 1. The Labute approximate surface area is 87.0 Å². The van der Waals surface area contributed by atoms with Gasteiger partial charge in [-0.05, 0) is 12.1 Å². The van der Waals surface area contributed by atoms with Crippen molar-refractivity contribution < 1.29 is 9.13 Å². The average Bonchev–Trinajstić information content (AvgIpc) is 2.14. The van der Waals surface area contributed by atoms with E-state index in [1.54, 1.807) is 18.2 Å². The number of hydrogen-bond acceptors (Lipinski definition) is 2. The van der Waals surface area contributed by atoms with Crippen LogP contribution in [-0.4, -0.2) is 20.2 Å². The molecule has 0 atom stereocenters. The molecule has 1 aromatic carbocycles. The van der Waals surface area contributed by atoms with Crippen molar-refractivity contribution in [2.75, 3.05) is 20.2 Å². The normalized spacial score (nSPS) is 18.8. The summed E-state index contributed by atoms with van der Waals surface area (Å²) in [6.45, 7) is 0.597. The molecule has 0 spiro atoms. The summed E-state index contributed by atoms with van der Waals surface area (Å²) in [7, 11) is 1.52. The Bertz CT molecular complexity index is 352. The molecule has 0 saturated carbocycles. The van der Waals surface area contributed by atoms with Crippen LogP contribution < -0.4 is 10.1 Å². The zero-order valence-electron chi connectivity index (χ0n) is 7.81. The predicted octanol–water partition coefficient (Wildman–Crippen LogP) is 2.12. The fourth-order valence-corrected chi connectivity index (χ4v) is 1.97. The minimum absolute atomic E-state index is 0.299. The van der Waals surface area contributed by atoms with Gasteiger partial charge in [-0.1, -0.05) is 17.7 Å². The molecule has 1 saturated heterocycles. The van der Waals surface area contributed by atoms with E-state index in [1.807, 2.05) is 0 Å². The number of benzene rings is 1. The Kier molecular flexibility index (Phi) is 2.37. The van der Waals surface area contributed by atoms with Gasteiger partial charge in [0, 0.05) is 13.1 Å². The van der Waals surface area contributed by atoms with Gasteiger partial charge in [-0.15, -0.1) is 0 Å². The number of halogens is 2. The summed E-state index contributed by atoms with van der Waals surface area (Å²) in [5.74, 6) is 0.515. The van der Waals surface area contributed by atoms with E-state index < -0.39 is 5.67 Å². The molecule has 1 N–H and O–H groups in total. The molecule has 2 rings (SSSR count). The summed E-state index contributed by atoms with van der Waals surface area (Å²) in [5.41, 5.74) is -0.910. The highest BCUT2D eigenvalue weighted by Gasteiger charge is 2.42. The lowest BCUT2D eigenvalue weighted by atomic mass is 9.89. The summed E-state index contributed by atoms with van der Waals surface area (Å²) in [5, 5.41) is 3.31. The smallest absolute Gasteiger partial charge is 0.165 e. The largest absolute Gasteiger partial charge is 0.496 e. The van der Waals surface area contributed by atoms with Gasteiger partial charge < -0.3 is 10.1 Å². The summed E-state index contributed by atoms with van der Waals surface area (Å²) < 4.78 is 19.2. The summed E-state index contributed by atoms with van der Waals surface area (Å²) in [6, 6.07) is 5.15. The Hall–Kier alpha value is -0.800. The SMILES string of the molecule is COc1cccc(Cl)c1C1(F)CNC1. The molecular weight excluding hydrogens is 205 g/mol. The first-order valence-corrected chi connectivity index (χ1v) is 4.78. The Morgan fingerprint density at radius 2 is 2.21 bits per heavy atom. The van der Waals surface area contributed by atoms with E-state index in [0.29, 0.717) is 29.4 Å². The minimum atomic E-state index is -1.37. The first-order chi connectivity index (χ1) is 6.67. The van der Waals surface area contributed by atoms with E-state index in [0.717, 1.165) is 0 Å². The maximum Gasteiger partial charge on any atom is 0.165 e. The van der Waals surface area contributed by atoms with Crippen molar-refractivity contribution in [1.82, 2.24) is 5.32 Å². The molecule has 0 bridgehead atoms. The van der Waals surface area contributed by atoms with Crippen LogP contribution in [0.4, 0.5) is 4.39 Å². The van der Waals surface area contributed by atoms with E-state index in [9.17, 15) is 4.39 Å². The number of nitrogens with one attached hydrogen (secondary N) is 1. The number of hydrogen-bond donors (Lipinski definition) is 1. The molecule has 4 heteroatoms. The fraction of sp³-hybridized carbons (Fsp3) is 0.400. The molecule has 1 aromatic rings. The van der Waals surface area contributed by atoms with Crippen LogP contribution in [0.15, 0.2) is 18.2 Å². The third kappa shape index (κ3) is 1.37. The van der Waals surface area contributed by atoms with Gasteiger partial charge in [0.15, 0.2) is 5.67 Å². The van der Waals surface area contributed by atoms with Gasteiger partial charge in [-0.3, -0.25) is 0 Å². The van der Waals surface area contributed by atoms with Crippen LogP contribution in [0.5, 0.6) is 5.75 Å². The third-order valence-electron chi connectivity index (χ3n) is 2.45. The second kappa shape index (κ2) is 3.41. The van der Waals surface area contributed by atoms with E-state index in [4.69, 9.17) is 16.3 Å². The van der Waals surface area contributed by atoms with Crippen molar-refractivity contribution in [2.24, 2.45) is 0 Å². The zero-order chi connectivity index (χ0) is 10.2. The molecule has 1 fully saturated rings. The molecular formula is C10H11ClFNO. The molecule has 1 heterocycles. The number of rotatable bonds is 2. The molecule has 14 heavy (non-hydrogen) atoms. The van der Waals surface area contributed by atoms with Crippen molar-refractivity contribution in [3.63, 3.8) is 0 Å². The quantitative estimate of drug-likeness (QED) is 0.816. The first-order valence-electron chi connectivity index (χ1n) is 4.40. The standard InChI is InChI=1S/C10H11ClFNO/c1-14-8-4-2-3-7(11)9(8)10(12)5-13-6-10/h2-4,13H,5-6H2,1H3. The van der Waals surface area contributed by atoms with Crippen molar-refractivity contribution in [3.05, 3.63) is 28.8 Å². The summed E-state index contributed by atoms with van der Waals surface area (Å²) in [6.07, 6.45) is 0. The van der Waals surface area contributed by atoms with E-state index >= 15 is 0 Å². The molecule has 0 amide bonds. The maximum atomic E-state index is 14.1. The second-order valence-electron chi connectivity index (χ2n) is 3.39. The van der Waals surface area contributed by atoms with E-state index in [-0.39, 0.29) is 0 Å². The van der Waals surface area contributed by atoms with Crippen molar-refractivity contribution in [3.8, 4) is 5.75 Å². The topological polar surface area (TPSA) is 21.3 Å². The lowest BCUT2D eigenvalue weighted by Gasteiger charge is -2.36. The third-order valence-corrected chi connectivity index (χ3v) is 2.77. The van der Waals surface area contributed by atoms with Gasteiger partial charge in [0.05, 0.1) is 17.7 Å². The Balaban J connectivity index is 2.49. The Morgan fingerprint density at radius 1 is 1.50 bits per heavy atom. The van der Waals surface area contributed by atoms with Gasteiger partial charge in [0.1, 0.15) is 5.75 Å². The van der Waals surface area contributed by atoms with Crippen molar-refractivity contribution in [1.29, 1.82) is 0 Å². The molecule has 0 aromatic heterocycles. The van der Waals surface area contributed by atoms with Crippen LogP contribution in [0.2, 0.25) is 5.02 Å². The van der Waals surface area contributed by atoms with Crippen molar-refractivity contribution >= 4 is 11.6 Å². The van der Waals surface area contributed by atoms with Crippen LogP contribution in [-0.2, 0) is 5.67 Å². The van der Waals surface area contributed by atoms with Gasteiger partial charge in [-0.2, -0.15) is 0 Å². The van der Waals surface area contributed by atoms with Crippen LogP contribution in [0.1, 0.15) is 5.56 Å². The van der Waals surface area contributed by atoms with Crippen molar-refractivity contribution in [2.45, 2.75) is 5.67 Å². The average molecular weight is 216 g/mol. The monoisotopic (exact) mass is 215 g/mol. The van der Waals surface area contributed by atoms with Crippen LogP contribution >= 0.6 is 11.6 Å². The van der Waals surface area contributed by atoms with Gasteiger partial charge in [-0.25, -0.2) is 4.39 Å². The highest BCUT2D eigenvalue weighted by Crippen LogP contribution is 2.40. The first kappa shape index (κ1) is 9.74. The molecule has 0 aliphatic carbocycles. The lowest BCUT2D eigenvalue weighted by Crippen LogP contribution is -2.53. The summed E-state index contributed by atoms with van der Waals surface area (Å²) >= 11 is 5.96. The molecule has 1 aliphatic rings. The van der Waals surface area contributed by atoms with Crippen LogP contribution in [0.25, 0.3) is 0 Å². The van der Waals surface area contributed by atoms with Crippen LogP contribution in [0, 0.1) is 0 Å². The zero-order valence-corrected chi connectivity index (χ0v) is 8.57. The Morgan fingerprint density at radius 3 is 2.71 bits per heavy atom. The van der Waals surface area contributed by atoms with Gasteiger partial charge in [0.25, 0.3) is 0 Å².